The molecule has 0 aromatic rings. The zero-order valence-electron chi connectivity index (χ0n) is 14.5. The van der Waals surface area contributed by atoms with Crippen LogP contribution in [0.4, 0.5) is 0 Å². The Morgan fingerprint density at radius 2 is 1.50 bits per heavy atom. The number of rotatable bonds is 5. The summed E-state index contributed by atoms with van der Waals surface area (Å²) in [7, 11) is 1.97. The van der Waals surface area contributed by atoms with Crippen molar-refractivity contribution in [1.29, 1.82) is 0 Å². The first-order valence-electron chi connectivity index (χ1n) is 7.22. The maximum absolute atomic E-state index is 12.5. The van der Waals surface area contributed by atoms with Crippen LogP contribution >= 0.6 is 69.6 Å². The summed E-state index contributed by atoms with van der Waals surface area (Å²) >= 11 is 35.9. The normalized spacial score (nSPS) is 18.0. The van der Waals surface area contributed by atoms with Crippen LogP contribution in [0.15, 0.2) is 16.1 Å². The zero-order valence-corrected chi connectivity index (χ0v) is 19.0. The van der Waals surface area contributed by atoms with Gasteiger partial charge in [0.15, 0.2) is 0 Å². The lowest BCUT2D eigenvalue weighted by Gasteiger charge is -2.40. The summed E-state index contributed by atoms with van der Waals surface area (Å²) in [5.41, 5.74) is -4.07. The molecule has 1 aliphatic heterocycles. The molecule has 8 nitrogen and oxygen atoms in total. The van der Waals surface area contributed by atoms with Crippen LogP contribution in [0.5, 0.6) is 0 Å². The summed E-state index contributed by atoms with van der Waals surface area (Å²) in [5.74, 6) is -3.78. The molecule has 14 heteroatoms. The number of aliphatic imine (C=N–C) groups is 1. The fraction of sp³-hybridized carbons (Fsp3) is 0.571. The highest BCUT2D eigenvalue weighted by Gasteiger charge is 2.72. The molecular weight excluding hydrogens is 507 g/mol. The Bertz CT molecular complexity index is 709. The number of hydrogen-bond acceptors (Lipinski definition) is 8. The van der Waals surface area contributed by atoms with Gasteiger partial charge in [-0.2, -0.15) is 0 Å². The van der Waals surface area contributed by atoms with E-state index in [-0.39, 0.29) is 6.61 Å². The Morgan fingerprint density at radius 3 is 1.89 bits per heavy atom. The number of ether oxygens (including phenoxy) is 4. The zero-order chi connectivity index (χ0) is 21.9. The minimum Gasteiger partial charge on any atom is -0.466 e. The molecule has 0 amide bonds. The van der Waals surface area contributed by atoms with Crippen molar-refractivity contribution < 1.29 is 33.3 Å². The van der Waals surface area contributed by atoms with E-state index in [4.69, 9.17) is 79.1 Å². The molecule has 1 aliphatic rings. The summed E-state index contributed by atoms with van der Waals surface area (Å²) in [4.78, 5) is 40.2. The summed E-state index contributed by atoms with van der Waals surface area (Å²) in [5, 5.41) is 0. The summed E-state index contributed by atoms with van der Waals surface area (Å²) < 4.78 is 14.2. The molecular formula is C14H13Cl6NO7. The van der Waals surface area contributed by atoms with Gasteiger partial charge in [-0.15, -0.1) is 0 Å². The van der Waals surface area contributed by atoms with E-state index in [2.05, 4.69) is 14.5 Å². The van der Waals surface area contributed by atoms with Crippen LogP contribution in [-0.2, 0) is 33.3 Å². The van der Waals surface area contributed by atoms with Crippen molar-refractivity contribution in [2.45, 2.75) is 20.1 Å². The number of alkyl halides is 6. The largest absolute Gasteiger partial charge is 0.466 e. The number of methoxy groups -OCH3 is 2. The monoisotopic (exact) mass is 517 g/mol. The van der Waals surface area contributed by atoms with E-state index in [9.17, 15) is 14.4 Å². The molecule has 0 N–H and O–H groups in total. The van der Waals surface area contributed by atoms with Crippen molar-refractivity contribution in [2.24, 2.45) is 4.99 Å². The van der Waals surface area contributed by atoms with Crippen molar-refractivity contribution >= 4 is 93.4 Å². The van der Waals surface area contributed by atoms with Crippen molar-refractivity contribution in [3.8, 4) is 0 Å². The van der Waals surface area contributed by atoms with E-state index < -0.39 is 54.7 Å². The summed E-state index contributed by atoms with van der Waals surface area (Å²) in [6, 6.07) is 0. The highest BCUT2D eigenvalue weighted by Crippen LogP contribution is 2.60. The number of halogens is 6. The minimum atomic E-state index is -2.67. The van der Waals surface area contributed by atoms with Crippen molar-refractivity contribution in [2.75, 3.05) is 27.4 Å². The minimum absolute atomic E-state index is 0.0733. The Kier molecular flexibility index (Phi) is 8.57. The molecule has 0 atom stereocenters. The molecule has 0 radical (unpaired) electrons. The van der Waals surface area contributed by atoms with E-state index >= 15 is 0 Å². The Morgan fingerprint density at radius 1 is 1.00 bits per heavy atom. The fourth-order valence-corrected chi connectivity index (χ4v) is 4.27. The summed E-state index contributed by atoms with van der Waals surface area (Å²) in [6.07, 6.45) is 0. The lowest BCUT2D eigenvalue weighted by molar-refractivity contribution is -0.141. The van der Waals surface area contributed by atoms with E-state index in [1.165, 1.54) is 0 Å². The Balaban J connectivity index is 3.84. The molecule has 0 aromatic heterocycles. The Labute approximate surface area is 189 Å². The van der Waals surface area contributed by atoms with Gasteiger partial charge >= 0.3 is 17.9 Å². The lowest BCUT2D eigenvalue weighted by atomic mass is 9.94. The quantitative estimate of drug-likeness (QED) is 0.312. The van der Waals surface area contributed by atoms with E-state index in [1.807, 2.05) is 0 Å². The van der Waals surface area contributed by atoms with E-state index in [1.54, 1.807) is 6.92 Å². The van der Waals surface area contributed by atoms with Gasteiger partial charge in [-0.25, -0.2) is 14.6 Å². The van der Waals surface area contributed by atoms with Gasteiger partial charge in [0.25, 0.3) is 0 Å². The third kappa shape index (κ3) is 4.74. The second kappa shape index (κ2) is 9.45. The smallest absolute Gasteiger partial charge is 0.344 e. The number of hydrogen-bond donors (Lipinski definition) is 0. The average Bonchev–Trinajstić information content (AvgIpc) is 2.95. The molecule has 28 heavy (non-hydrogen) atoms. The third-order valence-electron chi connectivity index (χ3n) is 3.30. The topological polar surface area (TPSA) is 100 Å². The third-order valence-corrected chi connectivity index (χ3v) is 4.90. The molecule has 0 bridgehead atoms. The molecule has 0 saturated heterocycles. The molecule has 0 aliphatic carbocycles. The van der Waals surface area contributed by atoms with Crippen molar-refractivity contribution in [3.63, 3.8) is 0 Å². The maximum atomic E-state index is 12.5. The molecule has 158 valence electrons. The second-order valence-electron chi connectivity index (χ2n) is 4.94. The molecule has 0 spiro atoms. The fourth-order valence-electron chi connectivity index (χ4n) is 2.18. The SMILES string of the molecule is CCOC(=O)CN=C1OC(C(Cl)(Cl)Cl)(C(Cl)(Cl)Cl)C(C(=O)OC)=C1C(=O)OC. The van der Waals surface area contributed by atoms with E-state index in [0.717, 1.165) is 14.2 Å². The van der Waals surface area contributed by atoms with Crippen LogP contribution in [-0.4, -0.2) is 64.4 Å². The number of carbonyl (C=O) groups is 3. The van der Waals surface area contributed by atoms with Gasteiger partial charge in [-0.3, -0.25) is 4.79 Å². The van der Waals surface area contributed by atoms with Crippen LogP contribution in [0.1, 0.15) is 6.92 Å². The second-order valence-corrected chi connectivity index (χ2v) is 9.50. The van der Waals surface area contributed by atoms with Gasteiger partial charge in [-0.05, 0) is 6.92 Å². The average molecular weight is 520 g/mol. The first-order valence-corrected chi connectivity index (χ1v) is 9.49. The molecule has 1 heterocycles. The van der Waals surface area contributed by atoms with E-state index in [0.29, 0.717) is 0 Å². The predicted octanol–water partition coefficient (Wildman–Crippen LogP) is 3.10. The van der Waals surface area contributed by atoms with Crippen molar-refractivity contribution in [1.82, 2.24) is 0 Å². The van der Waals surface area contributed by atoms with Crippen molar-refractivity contribution in [3.05, 3.63) is 11.1 Å². The number of nitrogens with zero attached hydrogens (tertiary/aromatic N) is 1. The van der Waals surface area contributed by atoms with Crippen LogP contribution in [0.2, 0.25) is 0 Å². The highest BCUT2D eigenvalue weighted by molar-refractivity contribution is 6.74. The summed E-state index contributed by atoms with van der Waals surface area (Å²) in [6.45, 7) is 1.03. The van der Waals surface area contributed by atoms with Gasteiger partial charge < -0.3 is 18.9 Å². The number of carbonyl (C=O) groups excluding carboxylic acids is 3. The van der Waals surface area contributed by atoms with Gasteiger partial charge in [0, 0.05) is 0 Å². The first-order chi connectivity index (χ1) is 12.8. The van der Waals surface area contributed by atoms with Gasteiger partial charge in [0.05, 0.1) is 20.8 Å². The Hall–Kier alpha value is -0.640. The molecule has 1 rings (SSSR count). The maximum Gasteiger partial charge on any atom is 0.344 e. The van der Waals surface area contributed by atoms with Crippen LogP contribution in [0.25, 0.3) is 0 Å². The van der Waals surface area contributed by atoms with Gasteiger partial charge in [0.2, 0.25) is 19.1 Å². The molecule has 0 aromatic carbocycles. The molecule has 0 saturated carbocycles. The van der Waals surface area contributed by atoms with Crippen LogP contribution < -0.4 is 0 Å². The molecule has 0 unspecified atom stereocenters. The molecule has 0 fully saturated rings. The number of esters is 3. The predicted molar refractivity (Wildman–Crippen MR) is 104 cm³/mol. The van der Waals surface area contributed by atoms with Gasteiger partial charge in [0.1, 0.15) is 17.7 Å². The van der Waals surface area contributed by atoms with Gasteiger partial charge in [-0.1, -0.05) is 69.6 Å². The van der Waals surface area contributed by atoms with Crippen LogP contribution in [0.3, 0.4) is 0 Å². The first kappa shape index (κ1) is 25.4. The lowest BCUT2D eigenvalue weighted by Crippen LogP contribution is -2.57. The highest BCUT2D eigenvalue weighted by atomic mass is 35.6. The van der Waals surface area contributed by atoms with Crippen LogP contribution in [0, 0.1) is 0 Å². The standard InChI is InChI=1S/C14H13Cl6NO7/c1-4-27-6(22)5-21-9-7(10(23)25-2)8(11(24)26-3)12(28-9,13(15,16)17)14(18,19)20/h4-5H2,1-3H3.